The van der Waals surface area contributed by atoms with Gasteiger partial charge in [0.1, 0.15) is 6.61 Å². The second-order valence-corrected chi connectivity index (χ2v) is 2.69. The maximum absolute atomic E-state index is 10.6. The van der Waals surface area contributed by atoms with Crippen LogP contribution in [-0.4, -0.2) is 31.1 Å². The van der Waals surface area contributed by atoms with Gasteiger partial charge in [-0.05, 0) is 13.3 Å². The Morgan fingerprint density at radius 1 is 1.55 bits per heavy atom. The van der Waals surface area contributed by atoms with Crippen molar-refractivity contribution >= 4 is 21.9 Å². The molecule has 0 fully saturated rings. The molecule has 0 atom stereocenters. The Morgan fingerprint density at radius 2 is 2.27 bits per heavy atom. The second kappa shape index (κ2) is 8.01. The van der Waals surface area contributed by atoms with Crippen molar-refractivity contribution in [2.24, 2.45) is 0 Å². The number of rotatable bonds is 6. The highest BCUT2D eigenvalue weighted by Gasteiger charge is 1.99. The molecule has 0 aromatic heterocycles. The molecule has 0 radical (unpaired) electrons. The molecule has 0 aliphatic heterocycles. The number of esters is 1. The summed E-state index contributed by atoms with van der Waals surface area (Å²) >= 11 is 3.25. The molecule has 0 spiro atoms. The van der Waals surface area contributed by atoms with Gasteiger partial charge in [0.2, 0.25) is 0 Å². The standard InChI is InChI=1S/C7H13BrO3/c1-2-11-7(9)6-10-5-3-4-8/h2-6H2,1H3. The molecule has 4 heteroatoms. The molecule has 0 aliphatic carbocycles. The van der Waals surface area contributed by atoms with Gasteiger partial charge in [-0.15, -0.1) is 0 Å². The van der Waals surface area contributed by atoms with Gasteiger partial charge < -0.3 is 9.47 Å². The first-order chi connectivity index (χ1) is 5.31. The summed E-state index contributed by atoms with van der Waals surface area (Å²) in [6, 6.07) is 0. The number of hydrogen-bond donors (Lipinski definition) is 0. The van der Waals surface area contributed by atoms with Crippen LogP contribution in [0.15, 0.2) is 0 Å². The van der Waals surface area contributed by atoms with Crippen molar-refractivity contribution in [2.45, 2.75) is 13.3 Å². The lowest BCUT2D eigenvalue weighted by atomic mass is 10.5. The maximum Gasteiger partial charge on any atom is 0.332 e. The van der Waals surface area contributed by atoms with Crippen molar-refractivity contribution in [3.8, 4) is 0 Å². The van der Waals surface area contributed by atoms with Crippen LogP contribution in [0.25, 0.3) is 0 Å². The highest BCUT2D eigenvalue weighted by molar-refractivity contribution is 9.09. The maximum atomic E-state index is 10.6. The Bertz CT molecular complexity index is 106. The normalized spacial score (nSPS) is 9.64. The molecule has 0 aromatic rings. The molecule has 0 N–H and O–H groups in total. The third-order valence-corrected chi connectivity index (χ3v) is 1.51. The highest BCUT2D eigenvalue weighted by atomic mass is 79.9. The minimum absolute atomic E-state index is 0.0703. The quantitative estimate of drug-likeness (QED) is 0.389. The van der Waals surface area contributed by atoms with Gasteiger partial charge in [0.15, 0.2) is 0 Å². The molecule has 0 amide bonds. The van der Waals surface area contributed by atoms with E-state index in [-0.39, 0.29) is 12.6 Å². The Balaban J connectivity index is 3.04. The van der Waals surface area contributed by atoms with Crippen LogP contribution < -0.4 is 0 Å². The van der Waals surface area contributed by atoms with Gasteiger partial charge in [-0.2, -0.15) is 0 Å². The lowest BCUT2D eigenvalue weighted by Gasteiger charge is -2.01. The lowest BCUT2D eigenvalue weighted by molar-refractivity contribution is -0.148. The van der Waals surface area contributed by atoms with Gasteiger partial charge >= 0.3 is 5.97 Å². The number of ether oxygens (including phenoxy) is 2. The van der Waals surface area contributed by atoms with Gasteiger partial charge in [-0.1, -0.05) is 15.9 Å². The molecule has 0 aliphatic rings. The Labute approximate surface area is 75.2 Å². The Morgan fingerprint density at radius 3 is 2.82 bits per heavy atom. The molecule has 0 heterocycles. The molecule has 0 rings (SSSR count). The van der Waals surface area contributed by atoms with Crippen molar-refractivity contribution in [3.63, 3.8) is 0 Å². The van der Waals surface area contributed by atoms with Gasteiger partial charge in [0.25, 0.3) is 0 Å². The van der Waals surface area contributed by atoms with Crippen molar-refractivity contribution < 1.29 is 14.3 Å². The van der Waals surface area contributed by atoms with Gasteiger partial charge in [0, 0.05) is 11.9 Å². The molecule has 66 valence electrons. The summed E-state index contributed by atoms with van der Waals surface area (Å²) in [4.78, 5) is 10.6. The topological polar surface area (TPSA) is 35.5 Å². The van der Waals surface area contributed by atoms with Crippen LogP contribution in [0.4, 0.5) is 0 Å². The molecule has 0 unspecified atom stereocenters. The second-order valence-electron chi connectivity index (χ2n) is 1.90. The average Bonchev–Trinajstić information content (AvgIpc) is 1.99. The van der Waals surface area contributed by atoms with Crippen molar-refractivity contribution in [1.82, 2.24) is 0 Å². The van der Waals surface area contributed by atoms with Crippen LogP contribution in [0.3, 0.4) is 0 Å². The lowest BCUT2D eigenvalue weighted by Crippen LogP contribution is -2.12. The molecule has 11 heavy (non-hydrogen) atoms. The predicted molar refractivity (Wildman–Crippen MR) is 45.9 cm³/mol. The minimum Gasteiger partial charge on any atom is -0.464 e. The first-order valence-corrected chi connectivity index (χ1v) is 4.72. The molecule has 0 saturated carbocycles. The summed E-state index contributed by atoms with van der Waals surface area (Å²) in [5.41, 5.74) is 0. The number of carbonyl (C=O) groups excluding carboxylic acids is 1. The monoisotopic (exact) mass is 224 g/mol. The summed E-state index contributed by atoms with van der Waals surface area (Å²) in [5.74, 6) is -0.290. The summed E-state index contributed by atoms with van der Waals surface area (Å²) in [7, 11) is 0. The van der Waals surface area contributed by atoms with Crippen LogP contribution in [0.5, 0.6) is 0 Å². The fraction of sp³-hybridized carbons (Fsp3) is 0.857. The van der Waals surface area contributed by atoms with Crippen molar-refractivity contribution in [1.29, 1.82) is 0 Å². The van der Waals surface area contributed by atoms with E-state index in [0.29, 0.717) is 13.2 Å². The van der Waals surface area contributed by atoms with E-state index in [4.69, 9.17) is 4.74 Å². The smallest absolute Gasteiger partial charge is 0.332 e. The summed E-state index contributed by atoms with van der Waals surface area (Å²) in [6.07, 6.45) is 0.916. The van der Waals surface area contributed by atoms with Crippen molar-refractivity contribution in [2.75, 3.05) is 25.2 Å². The Hall–Kier alpha value is -0.0900. The Kier molecular flexibility index (Phi) is 7.95. The molecule has 0 bridgehead atoms. The first kappa shape index (κ1) is 10.9. The van der Waals surface area contributed by atoms with Crippen LogP contribution in [0, 0.1) is 0 Å². The van der Waals surface area contributed by atoms with Gasteiger partial charge in [0.05, 0.1) is 6.61 Å². The third-order valence-electron chi connectivity index (χ3n) is 0.948. The van der Waals surface area contributed by atoms with E-state index in [1.807, 2.05) is 0 Å². The van der Waals surface area contributed by atoms with E-state index in [1.54, 1.807) is 6.92 Å². The largest absolute Gasteiger partial charge is 0.464 e. The molecular formula is C7H13BrO3. The molecule has 0 saturated heterocycles. The minimum atomic E-state index is -0.290. The van der Waals surface area contributed by atoms with E-state index in [2.05, 4.69) is 20.7 Å². The van der Waals surface area contributed by atoms with Crippen LogP contribution in [-0.2, 0) is 14.3 Å². The molecular weight excluding hydrogens is 212 g/mol. The van der Waals surface area contributed by atoms with E-state index < -0.39 is 0 Å². The van der Waals surface area contributed by atoms with Crippen LogP contribution in [0.2, 0.25) is 0 Å². The van der Waals surface area contributed by atoms with Gasteiger partial charge in [-0.25, -0.2) is 4.79 Å². The summed E-state index contributed by atoms with van der Waals surface area (Å²) in [5, 5.41) is 0.899. The summed E-state index contributed by atoms with van der Waals surface area (Å²) in [6.45, 7) is 2.86. The molecule has 3 nitrogen and oxygen atoms in total. The summed E-state index contributed by atoms with van der Waals surface area (Å²) < 4.78 is 9.63. The highest BCUT2D eigenvalue weighted by Crippen LogP contribution is 1.89. The molecule has 0 aromatic carbocycles. The van der Waals surface area contributed by atoms with E-state index in [1.165, 1.54) is 0 Å². The van der Waals surface area contributed by atoms with E-state index in [9.17, 15) is 4.79 Å². The zero-order valence-corrected chi connectivity index (χ0v) is 8.22. The van der Waals surface area contributed by atoms with E-state index >= 15 is 0 Å². The first-order valence-electron chi connectivity index (χ1n) is 3.60. The predicted octanol–water partition coefficient (Wildman–Crippen LogP) is 1.35. The van der Waals surface area contributed by atoms with Crippen LogP contribution >= 0.6 is 15.9 Å². The average molecular weight is 225 g/mol. The third kappa shape index (κ3) is 7.81. The van der Waals surface area contributed by atoms with Crippen molar-refractivity contribution in [3.05, 3.63) is 0 Å². The van der Waals surface area contributed by atoms with Crippen LogP contribution in [0.1, 0.15) is 13.3 Å². The SMILES string of the molecule is CCOC(=O)COCCCBr. The number of hydrogen-bond acceptors (Lipinski definition) is 3. The fourth-order valence-corrected chi connectivity index (χ4v) is 0.744. The number of halogens is 1. The zero-order valence-electron chi connectivity index (χ0n) is 6.64. The number of carbonyl (C=O) groups is 1. The fourth-order valence-electron chi connectivity index (χ4n) is 0.515. The zero-order chi connectivity index (χ0) is 8.53. The van der Waals surface area contributed by atoms with E-state index in [0.717, 1.165) is 11.8 Å². The number of alkyl halides is 1. The van der Waals surface area contributed by atoms with Gasteiger partial charge in [-0.3, -0.25) is 0 Å².